The summed E-state index contributed by atoms with van der Waals surface area (Å²) in [5.41, 5.74) is 2.70. The van der Waals surface area contributed by atoms with Gasteiger partial charge in [0.25, 0.3) is 5.91 Å². The lowest BCUT2D eigenvalue weighted by Gasteiger charge is -2.32. The van der Waals surface area contributed by atoms with E-state index < -0.39 is 17.7 Å². The van der Waals surface area contributed by atoms with Gasteiger partial charge in [-0.3, -0.25) is 9.59 Å². The lowest BCUT2D eigenvalue weighted by Crippen LogP contribution is -2.47. The van der Waals surface area contributed by atoms with Crippen molar-refractivity contribution in [1.82, 2.24) is 10.2 Å². The molecule has 0 aliphatic carbocycles. The second-order valence-electron chi connectivity index (χ2n) is 11.0. The zero-order chi connectivity index (χ0) is 28.6. The highest BCUT2D eigenvalue weighted by molar-refractivity contribution is 6.00. The van der Waals surface area contributed by atoms with E-state index in [4.69, 9.17) is 4.74 Å². The maximum Gasteiger partial charge on any atom is 0.408 e. The van der Waals surface area contributed by atoms with Gasteiger partial charge in [-0.2, -0.15) is 0 Å². The number of aryl methyl sites for hydroxylation is 2. The highest BCUT2D eigenvalue weighted by Crippen LogP contribution is 2.27. The number of fused-ring (bicyclic) bond motifs is 1. The van der Waals surface area contributed by atoms with E-state index >= 15 is 0 Å². The Bertz CT molecular complexity index is 1290. The van der Waals surface area contributed by atoms with E-state index in [1.807, 2.05) is 74.5 Å². The minimum atomic E-state index is -0.875. The number of nitrogens with zero attached hydrogens (tertiary/aromatic N) is 1. The largest absolute Gasteiger partial charge is 0.444 e. The number of hydrogen-bond donors (Lipinski definition) is 2. The van der Waals surface area contributed by atoms with Crippen molar-refractivity contribution in [3.63, 3.8) is 0 Å². The lowest BCUT2D eigenvalue weighted by atomic mass is 9.98. The minimum absolute atomic E-state index is 0.272. The molecular formula is C32H41N3O4. The van der Waals surface area contributed by atoms with Gasteiger partial charge >= 0.3 is 6.09 Å². The number of hydrogen-bond acceptors (Lipinski definition) is 4. The van der Waals surface area contributed by atoms with E-state index in [9.17, 15) is 14.4 Å². The van der Waals surface area contributed by atoms with Gasteiger partial charge in [0.05, 0.1) is 0 Å². The molecule has 2 N–H and O–H groups in total. The predicted molar refractivity (Wildman–Crippen MR) is 157 cm³/mol. The number of alkyl carbamates (subject to hydrolysis) is 1. The predicted octanol–water partition coefficient (Wildman–Crippen LogP) is 6.68. The van der Waals surface area contributed by atoms with E-state index in [0.717, 1.165) is 46.7 Å². The van der Waals surface area contributed by atoms with Crippen LogP contribution in [0.25, 0.3) is 10.8 Å². The van der Waals surface area contributed by atoms with E-state index in [-0.39, 0.29) is 18.4 Å². The molecule has 208 valence electrons. The number of benzene rings is 3. The number of carbonyl (C=O) groups is 3. The van der Waals surface area contributed by atoms with Gasteiger partial charge in [-0.15, -0.1) is 0 Å². The molecule has 0 bridgehead atoms. The Kier molecular flexibility index (Phi) is 10.1. The van der Waals surface area contributed by atoms with Crippen LogP contribution >= 0.6 is 0 Å². The quantitative estimate of drug-likeness (QED) is 0.286. The van der Waals surface area contributed by atoms with Gasteiger partial charge in [-0.25, -0.2) is 4.79 Å². The van der Waals surface area contributed by atoms with Crippen LogP contribution in [0.2, 0.25) is 0 Å². The average Bonchev–Trinajstić information content (AvgIpc) is 2.85. The molecule has 1 atom stereocenters. The van der Waals surface area contributed by atoms with Crippen molar-refractivity contribution < 1.29 is 19.1 Å². The summed E-state index contributed by atoms with van der Waals surface area (Å²) >= 11 is 0. The van der Waals surface area contributed by atoms with Crippen LogP contribution in [0, 0.1) is 13.8 Å². The molecule has 0 aliphatic rings. The van der Waals surface area contributed by atoms with E-state index in [2.05, 4.69) is 17.6 Å². The Hall–Kier alpha value is -3.87. The Labute approximate surface area is 231 Å². The summed E-state index contributed by atoms with van der Waals surface area (Å²) in [5.74, 6) is -0.660. The summed E-state index contributed by atoms with van der Waals surface area (Å²) in [6.45, 7) is 11.4. The van der Waals surface area contributed by atoms with Gasteiger partial charge in [-0.05, 0) is 69.5 Å². The number of carbonyl (C=O) groups excluding carboxylic acids is 3. The zero-order valence-electron chi connectivity index (χ0n) is 24.0. The molecular weight excluding hydrogens is 490 g/mol. The van der Waals surface area contributed by atoms with E-state index in [1.54, 1.807) is 25.7 Å². The van der Waals surface area contributed by atoms with Gasteiger partial charge in [0.2, 0.25) is 5.91 Å². The molecule has 3 amide bonds. The highest BCUT2D eigenvalue weighted by atomic mass is 16.6. The van der Waals surface area contributed by atoms with Crippen LogP contribution < -0.4 is 10.6 Å². The van der Waals surface area contributed by atoms with Gasteiger partial charge in [0, 0.05) is 12.2 Å². The molecule has 0 spiro atoms. The van der Waals surface area contributed by atoms with Crippen LogP contribution in [-0.4, -0.2) is 41.5 Å². The monoisotopic (exact) mass is 531 g/mol. The maximum absolute atomic E-state index is 14.0. The number of rotatable bonds is 10. The summed E-state index contributed by atoms with van der Waals surface area (Å²) in [5, 5.41) is 7.70. The lowest BCUT2D eigenvalue weighted by molar-refractivity contribution is -0.138. The van der Waals surface area contributed by atoms with Gasteiger partial charge in [0.1, 0.15) is 18.2 Å². The molecule has 39 heavy (non-hydrogen) atoms. The van der Waals surface area contributed by atoms with Gasteiger partial charge in [0.15, 0.2) is 0 Å². The zero-order valence-corrected chi connectivity index (χ0v) is 24.0. The van der Waals surface area contributed by atoms with Crippen molar-refractivity contribution in [3.8, 4) is 0 Å². The Balaban J connectivity index is 1.94. The molecule has 0 heterocycles. The Morgan fingerprint density at radius 1 is 0.897 bits per heavy atom. The number of amides is 3. The normalized spacial score (nSPS) is 12.1. The first-order chi connectivity index (χ1) is 18.5. The SMILES string of the molecule is CCCCCN(C(=O)CNC(=O)OC(C)(C)C)C(C(=O)Nc1ccc2ccccc2c1)c1cc(C)cc(C)c1. The molecule has 0 aromatic heterocycles. The second-order valence-corrected chi connectivity index (χ2v) is 11.0. The Morgan fingerprint density at radius 3 is 2.21 bits per heavy atom. The summed E-state index contributed by atoms with van der Waals surface area (Å²) in [4.78, 5) is 41.4. The fourth-order valence-corrected chi connectivity index (χ4v) is 4.61. The van der Waals surface area contributed by atoms with Crippen molar-refractivity contribution >= 4 is 34.4 Å². The summed E-state index contributed by atoms with van der Waals surface area (Å²) in [6.07, 6.45) is 1.94. The third-order valence-corrected chi connectivity index (χ3v) is 6.24. The van der Waals surface area contributed by atoms with Gasteiger partial charge in [-0.1, -0.05) is 79.4 Å². The van der Waals surface area contributed by atoms with Crippen molar-refractivity contribution in [2.45, 2.75) is 72.4 Å². The van der Waals surface area contributed by atoms with Gasteiger partial charge < -0.3 is 20.3 Å². The van der Waals surface area contributed by atoms with Crippen LogP contribution in [0.5, 0.6) is 0 Å². The van der Waals surface area contributed by atoms with E-state index in [1.165, 1.54) is 0 Å². The molecule has 0 aliphatic heterocycles. The molecule has 3 aromatic carbocycles. The average molecular weight is 532 g/mol. The smallest absolute Gasteiger partial charge is 0.408 e. The van der Waals surface area contributed by atoms with Crippen LogP contribution in [0.15, 0.2) is 60.7 Å². The fourth-order valence-electron chi connectivity index (χ4n) is 4.61. The van der Waals surface area contributed by atoms with Crippen LogP contribution in [0.4, 0.5) is 10.5 Å². The first-order valence-corrected chi connectivity index (χ1v) is 13.6. The molecule has 3 rings (SSSR count). The Morgan fingerprint density at radius 2 is 1.56 bits per heavy atom. The van der Waals surface area contributed by atoms with Crippen molar-refractivity contribution in [1.29, 1.82) is 0 Å². The third kappa shape index (κ3) is 8.84. The summed E-state index contributed by atoms with van der Waals surface area (Å²) < 4.78 is 5.30. The standard InChI is InChI=1S/C32H41N3O4/c1-7-8-11-16-35(28(36)21-33-31(38)39-32(4,5)6)29(26-18-22(2)17-23(3)19-26)30(37)34-27-15-14-24-12-9-10-13-25(24)20-27/h9-10,12-15,17-20,29H,7-8,11,16,21H2,1-6H3,(H,33,38)(H,34,37). The van der Waals surface area contributed by atoms with Crippen LogP contribution in [0.3, 0.4) is 0 Å². The van der Waals surface area contributed by atoms with Crippen molar-refractivity contribution in [2.75, 3.05) is 18.4 Å². The van der Waals surface area contributed by atoms with Crippen molar-refractivity contribution in [3.05, 3.63) is 77.4 Å². The van der Waals surface area contributed by atoms with Crippen LogP contribution in [-0.2, 0) is 14.3 Å². The molecule has 0 saturated heterocycles. The second kappa shape index (κ2) is 13.3. The molecule has 7 heteroatoms. The topological polar surface area (TPSA) is 87.7 Å². The number of anilines is 1. The summed E-state index contributed by atoms with van der Waals surface area (Å²) in [7, 11) is 0. The van der Waals surface area contributed by atoms with E-state index in [0.29, 0.717) is 12.2 Å². The molecule has 0 radical (unpaired) electrons. The number of ether oxygens (including phenoxy) is 1. The maximum atomic E-state index is 14.0. The molecule has 0 saturated carbocycles. The molecule has 0 fully saturated rings. The number of nitrogens with one attached hydrogen (secondary N) is 2. The third-order valence-electron chi connectivity index (χ3n) is 6.24. The minimum Gasteiger partial charge on any atom is -0.444 e. The fraction of sp³-hybridized carbons (Fsp3) is 0.406. The number of unbranched alkanes of at least 4 members (excludes halogenated alkanes) is 2. The molecule has 7 nitrogen and oxygen atoms in total. The first kappa shape index (κ1) is 29.7. The first-order valence-electron chi connectivity index (χ1n) is 13.6. The molecule has 1 unspecified atom stereocenters. The van der Waals surface area contributed by atoms with Crippen LogP contribution in [0.1, 0.15) is 69.7 Å². The van der Waals surface area contributed by atoms with Crippen molar-refractivity contribution in [2.24, 2.45) is 0 Å². The highest BCUT2D eigenvalue weighted by Gasteiger charge is 2.32. The molecule has 3 aromatic rings. The summed E-state index contributed by atoms with van der Waals surface area (Å²) in [6, 6.07) is 18.8.